The van der Waals surface area contributed by atoms with Gasteiger partial charge in [-0.1, -0.05) is 19.1 Å². The molecule has 1 rings (SSSR count). The fraction of sp³-hybridized carbons (Fsp3) is 0.500. The van der Waals surface area contributed by atoms with Crippen LogP contribution in [0.25, 0.3) is 0 Å². The molecule has 0 spiro atoms. The summed E-state index contributed by atoms with van der Waals surface area (Å²) in [6.45, 7) is 2.55. The predicted molar refractivity (Wildman–Crippen MR) is 79.9 cm³/mol. The monoisotopic (exact) mass is 316 g/mol. The van der Waals surface area contributed by atoms with Gasteiger partial charge in [-0.15, -0.1) is 0 Å². The van der Waals surface area contributed by atoms with Crippen molar-refractivity contribution in [2.24, 2.45) is 0 Å². The Hall–Kier alpha value is -1.47. The predicted octanol–water partition coefficient (Wildman–Crippen LogP) is 1.37. The summed E-state index contributed by atoms with van der Waals surface area (Å²) in [4.78, 5) is 11.7. The number of hydrogen-bond acceptors (Lipinski definition) is 3. The second-order valence-electron chi connectivity index (χ2n) is 5.03. The van der Waals surface area contributed by atoms with E-state index < -0.39 is 10.0 Å². The fourth-order valence-electron chi connectivity index (χ4n) is 1.85. The van der Waals surface area contributed by atoms with Crippen molar-refractivity contribution in [2.75, 3.05) is 19.3 Å². The van der Waals surface area contributed by atoms with Gasteiger partial charge in [0.05, 0.1) is 6.26 Å². The third-order valence-electron chi connectivity index (χ3n) is 2.95. The summed E-state index contributed by atoms with van der Waals surface area (Å²) in [5.74, 6) is -0.521. The van der Waals surface area contributed by atoms with Crippen LogP contribution in [0, 0.1) is 5.82 Å². The van der Waals surface area contributed by atoms with E-state index in [-0.39, 0.29) is 24.1 Å². The van der Waals surface area contributed by atoms with E-state index in [4.69, 9.17) is 0 Å². The fourth-order valence-corrected chi connectivity index (χ4v) is 2.37. The molecule has 0 radical (unpaired) electrons. The first-order valence-corrected chi connectivity index (χ1v) is 8.64. The van der Waals surface area contributed by atoms with E-state index in [1.165, 1.54) is 12.1 Å². The van der Waals surface area contributed by atoms with Gasteiger partial charge in [-0.3, -0.25) is 4.79 Å². The van der Waals surface area contributed by atoms with Crippen molar-refractivity contribution in [3.8, 4) is 0 Å². The van der Waals surface area contributed by atoms with Gasteiger partial charge >= 0.3 is 0 Å². The number of halogens is 1. The highest BCUT2D eigenvalue weighted by Gasteiger charge is 2.11. The second kappa shape index (κ2) is 8.09. The Morgan fingerprint density at radius 3 is 2.67 bits per heavy atom. The van der Waals surface area contributed by atoms with E-state index in [9.17, 15) is 17.6 Å². The topological polar surface area (TPSA) is 75.3 Å². The largest absolute Gasteiger partial charge is 0.356 e. The van der Waals surface area contributed by atoms with Gasteiger partial charge in [-0.05, 0) is 30.0 Å². The summed E-state index contributed by atoms with van der Waals surface area (Å²) in [6.07, 6.45) is 1.88. The highest BCUT2D eigenvalue weighted by molar-refractivity contribution is 7.88. The Kier molecular flexibility index (Phi) is 6.77. The van der Waals surface area contributed by atoms with Gasteiger partial charge in [0.1, 0.15) is 5.82 Å². The third kappa shape index (κ3) is 7.77. The number of hydrogen-bond donors (Lipinski definition) is 2. The minimum atomic E-state index is -3.18. The smallest absolute Gasteiger partial charge is 0.220 e. The van der Waals surface area contributed by atoms with Crippen LogP contribution >= 0.6 is 0 Å². The van der Waals surface area contributed by atoms with Gasteiger partial charge in [0.15, 0.2) is 0 Å². The standard InChI is InChI=1S/C14H21FN2O3S/c1-11(12-5-3-6-13(15)10-12)9-14(18)16-7-4-8-17-21(2,19)20/h3,5-6,10-11,17H,4,7-9H2,1-2H3,(H,16,18)/t11-/m1/s1. The molecule has 0 heterocycles. The molecule has 0 bridgehead atoms. The molecule has 2 N–H and O–H groups in total. The maximum Gasteiger partial charge on any atom is 0.220 e. The zero-order valence-electron chi connectivity index (χ0n) is 12.2. The lowest BCUT2D eigenvalue weighted by Gasteiger charge is -2.12. The summed E-state index contributed by atoms with van der Waals surface area (Å²) in [5.41, 5.74) is 0.781. The summed E-state index contributed by atoms with van der Waals surface area (Å²) in [6, 6.07) is 6.20. The average Bonchev–Trinajstić information content (AvgIpc) is 2.36. The summed E-state index contributed by atoms with van der Waals surface area (Å²) in [7, 11) is -3.18. The Balaban J connectivity index is 2.27. The first kappa shape index (κ1) is 17.6. The van der Waals surface area contributed by atoms with Crippen molar-refractivity contribution in [2.45, 2.75) is 25.7 Å². The first-order valence-electron chi connectivity index (χ1n) is 6.75. The molecule has 0 aliphatic rings. The molecule has 0 aromatic heterocycles. The molecule has 5 nitrogen and oxygen atoms in total. The zero-order chi connectivity index (χ0) is 15.9. The lowest BCUT2D eigenvalue weighted by molar-refractivity contribution is -0.121. The molecule has 0 saturated heterocycles. The number of carbonyl (C=O) groups excluding carboxylic acids is 1. The van der Waals surface area contributed by atoms with Crippen LogP contribution < -0.4 is 10.0 Å². The molecular weight excluding hydrogens is 295 g/mol. The van der Waals surface area contributed by atoms with Crippen molar-refractivity contribution >= 4 is 15.9 Å². The van der Waals surface area contributed by atoms with Crippen LogP contribution in [0.4, 0.5) is 4.39 Å². The van der Waals surface area contributed by atoms with E-state index in [1.54, 1.807) is 12.1 Å². The van der Waals surface area contributed by atoms with Gasteiger partial charge in [-0.2, -0.15) is 0 Å². The van der Waals surface area contributed by atoms with Crippen LogP contribution in [0.1, 0.15) is 31.2 Å². The maximum atomic E-state index is 13.1. The first-order chi connectivity index (χ1) is 9.78. The molecule has 21 heavy (non-hydrogen) atoms. The van der Waals surface area contributed by atoms with E-state index in [0.717, 1.165) is 11.8 Å². The van der Waals surface area contributed by atoms with Crippen molar-refractivity contribution in [3.63, 3.8) is 0 Å². The van der Waals surface area contributed by atoms with Gasteiger partial charge in [0.2, 0.25) is 15.9 Å². The number of rotatable bonds is 8. The van der Waals surface area contributed by atoms with Crippen LogP contribution in [-0.2, 0) is 14.8 Å². The summed E-state index contributed by atoms with van der Waals surface area (Å²) in [5, 5.41) is 2.72. The molecule has 0 fully saturated rings. The Morgan fingerprint density at radius 2 is 2.05 bits per heavy atom. The average molecular weight is 316 g/mol. The van der Waals surface area contributed by atoms with Crippen molar-refractivity contribution in [1.82, 2.24) is 10.0 Å². The molecular formula is C14H21FN2O3S. The normalized spacial score (nSPS) is 12.9. The van der Waals surface area contributed by atoms with Crippen LogP contribution in [-0.4, -0.2) is 33.7 Å². The lowest BCUT2D eigenvalue weighted by Crippen LogP contribution is -2.29. The minimum Gasteiger partial charge on any atom is -0.356 e. The van der Waals surface area contributed by atoms with E-state index in [2.05, 4.69) is 10.0 Å². The van der Waals surface area contributed by atoms with Gasteiger partial charge in [-0.25, -0.2) is 17.5 Å². The summed E-state index contributed by atoms with van der Waals surface area (Å²) < 4.78 is 37.1. The Bertz CT molecular complexity index is 575. The Labute approximate surface area is 125 Å². The van der Waals surface area contributed by atoms with Crippen molar-refractivity contribution < 1.29 is 17.6 Å². The highest BCUT2D eigenvalue weighted by Crippen LogP contribution is 2.19. The number of benzene rings is 1. The lowest BCUT2D eigenvalue weighted by atomic mass is 9.97. The van der Waals surface area contributed by atoms with Crippen LogP contribution in [0.15, 0.2) is 24.3 Å². The van der Waals surface area contributed by atoms with Crippen LogP contribution in [0.5, 0.6) is 0 Å². The molecule has 0 aliphatic heterocycles. The highest BCUT2D eigenvalue weighted by atomic mass is 32.2. The number of amides is 1. The van der Waals surface area contributed by atoms with E-state index in [1.807, 2.05) is 6.92 Å². The SMILES string of the molecule is C[C@H](CC(=O)NCCCNS(C)(=O)=O)c1cccc(F)c1. The minimum absolute atomic E-state index is 0.0742. The van der Waals surface area contributed by atoms with Gasteiger partial charge in [0, 0.05) is 19.5 Å². The molecule has 1 aromatic carbocycles. The molecule has 0 aliphatic carbocycles. The van der Waals surface area contributed by atoms with Crippen molar-refractivity contribution in [1.29, 1.82) is 0 Å². The van der Waals surface area contributed by atoms with E-state index in [0.29, 0.717) is 19.5 Å². The number of sulfonamides is 1. The maximum absolute atomic E-state index is 13.1. The van der Waals surface area contributed by atoms with Crippen LogP contribution in [0.3, 0.4) is 0 Å². The quantitative estimate of drug-likeness (QED) is 0.711. The molecule has 1 aromatic rings. The zero-order valence-corrected chi connectivity index (χ0v) is 13.0. The molecule has 1 atom stereocenters. The molecule has 1 amide bonds. The third-order valence-corrected chi connectivity index (χ3v) is 3.68. The molecule has 7 heteroatoms. The Morgan fingerprint density at radius 1 is 1.33 bits per heavy atom. The van der Waals surface area contributed by atoms with Crippen molar-refractivity contribution in [3.05, 3.63) is 35.6 Å². The second-order valence-corrected chi connectivity index (χ2v) is 6.86. The molecule has 0 saturated carbocycles. The van der Waals surface area contributed by atoms with Gasteiger partial charge in [0.25, 0.3) is 0 Å². The van der Waals surface area contributed by atoms with E-state index >= 15 is 0 Å². The summed E-state index contributed by atoms with van der Waals surface area (Å²) >= 11 is 0. The molecule has 118 valence electrons. The van der Waals surface area contributed by atoms with Gasteiger partial charge < -0.3 is 5.32 Å². The number of nitrogens with one attached hydrogen (secondary N) is 2. The molecule has 0 unspecified atom stereocenters. The van der Waals surface area contributed by atoms with Crippen LogP contribution in [0.2, 0.25) is 0 Å². The number of carbonyl (C=O) groups is 1.